The Morgan fingerprint density at radius 3 is 2.20 bits per heavy atom. The number of ether oxygens (including phenoxy) is 2. The van der Waals surface area contributed by atoms with Crippen molar-refractivity contribution in [3.05, 3.63) is 149 Å². The molecular formula is C52H51N9O11S3. The molecule has 1 saturated heterocycles. The normalized spacial score (nSPS) is 13.0. The quantitative estimate of drug-likeness (QED) is 0.0331. The third-order valence-electron chi connectivity index (χ3n) is 12.1. The van der Waals surface area contributed by atoms with Gasteiger partial charge in [-0.25, -0.2) is 25.3 Å². The van der Waals surface area contributed by atoms with Gasteiger partial charge in [0.2, 0.25) is 10.0 Å². The summed E-state index contributed by atoms with van der Waals surface area (Å²) >= 11 is 0. The van der Waals surface area contributed by atoms with Gasteiger partial charge in [-0.15, -0.1) is 10.2 Å². The van der Waals surface area contributed by atoms with Crippen molar-refractivity contribution >= 4 is 92.2 Å². The lowest BCUT2D eigenvalue weighted by Gasteiger charge is -2.30. The Kier molecular flexibility index (Phi) is 15.2. The number of carbonyl (C=O) groups is 1. The first-order chi connectivity index (χ1) is 35.6. The van der Waals surface area contributed by atoms with Gasteiger partial charge in [0.25, 0.3) is 26.0 Å². The summed E-state index contributed by atoms with van der Waals surface area (Å²) in [5.74, 6) is -1.22. The summed E-state index contributed by atoms with van der Waals surface area (Å²) in [6.45, 7) is 7.24. The number of nitrogens with zero attached hydrogens (tertiary/aromatic N) is 4. The number of anilines is 6. The van der Waals surface area contributed by atoms with Crippen molar-refractivity contribution in [2.75, 3.05) is 69.4 Å². The van der Waals surface area contributed by atoms with Crippen LogP contribution in [0.5, 0.6) is 17.2 Å². The second kappa shape index (κ2) is 21.6. The molecule has 7 aromatic carbocycles. The molecule has 75 heavy (non-hydrogen) atoms. The Balaban J connectivity index is 1.13. The van der Waals surface area contributed by atoms with E-state index in [1.807, 2.05) is 37.3 Å². The summed E-state index contributed by atoms with van der Waals surface area (Å²) in [6, 6.07) is 30.8. The topological polar surface area (TPSA) is 290 Å². The Hall–Kier alpha value is -8.43. The van der Waals surface area contributed by atoms with Crippen LogP contribution in [0.4, 0.5) is 45.5 Å². The van der Waals surface area contributed by atoms with Gasteiger partial charge in [-0.2, -0.15) is 5.26 Å². The van der Waals surface area contributed by atoms with Crippen LogP contribution < -0.4 is 34.4 Å². The summed E-state index contributed by atoms with van der Waals surface area (Å²) in [4.78, 5) is 14.9. The molecule has 7 N–H and O–H groups in total. The highest BCUT2D eigenvalue weighted by Crippen LogP contribution is 2.44. The number of phenols is 2. The third kappa shape index (κ3) is 12.2. The van der Waals surface area contributed by atoms with Crippen LogP contribution in [0.1, 0.15) is 38.2 Å². The number of hydrogen-bond donors (Lipinski definition) is 7. The molecule has 0 spiro atoms. The number of benzene rings is 7. The maximum absolute atomic E-state index is 14.1. The van der Waals surface area contributed by atoms with Gasteiger partial charge in [0.1, 0.15) is 33.9 Å². The minimum atomic E-state index is -4.51. The van der Waals surface area contributed by atoms with Crippen molar-refractivity contribution < 1.29 is 49.7 Å². The molecular weight excluding hydrogens is 1020 g/mol. The molecule has 0 bridgehead atoms. The van der Waals surface area contributed by atoms with Gasteiger partial charge in [0.15, 0.2) is 0 Å². The van der Waals surface area contributed by atoms with Gasteiger partial charge >= 0.3 is 0 Å². The predicted molar refractivity (Wildman–Crippen MR) is 288 cm³/mol. The zero-order chi connectivity index (χ0) is 53.8. The number of phenolic OH excluding ortho intramolecular Hbond substituents is 2. The SMILES string of the molecule is COc1ccc(C(=O)Nc2cc(N=Nc3ccc(S(=O)(=O)Nc4ccc(N5CCOCC5)c(S(=O)(=O)Nc5cc(C)c(C)cc5O)c4)cc3C#N)c3c(NCc4cccc(C)c4)cccc3c2O)cc1NS(C)(=O)=O. The highest BCUT2D eigenvalue weighted by molar-refractivity contribution is 7.93. The number of aryl methyl sites for hydroxylation is 3. The van der Waals surface area contributed by atoms with Gasteiger partial charge in [-0.1, -0.05) is 42.0 Å². The van der Waals surface area contributed by atoms with E-state index in [1.54, 1.807) is 36.9 Å². The summed E-state index contributed by atoms with van der Waals surface area (Å²) in [7, 11) is -11.4. The third-order valence-corrected chi connectivity index (χ3v) is 15.4. The first kappa shape index (κ1) is 52.9. The van der Waals surface area contributed by atoms with Crippen LogP contribution in [-0.2, 0) is 41.4 Å². The van der Waals surface area contributed by atoms with E-state index < -0.39 is 36.0 Å². The number of sulfonamides is 3. The van der Waals surface area contributed by atoms with Gasteiger partial charge < -0.3 is 35.2 Å². The van der Waals surface area contributed by atoms with E-state index >= 15 is 0 Å². The van der Waals surface area contributed by atoms with E-state index in [9.17, 15) is 45.5 Å². The number of hydrogen-bond acceptors (Lipinski definition) is 16. The molecule has 1 heterocycles. The second-order valence-corrected chi connectivity index (χ2v) is 22.6. The van der Waals surface area contributed by atoms with Gasteiger partial charge in [0, 0.05) is 41.7 Å². The molecule has 0 aromatic heterocycles. The van der Waals surface area contributed by atoms with E-state index in [1.165, 1.54) is 73.8 Å². The molecule has 0 aliphatic carbocycles. The molecule has 20 nitrogen and oxygen atoms in total. The number of amides is 1. The molecule has 0 atom stereocenters. The zero-order valence-electron chi connectivity index (χ0n) is 41.1. The monoisotopic (exact) mass is 1070 g/mol. The lowest BCUT2D eigenvalue weighted by Crippen LogP contribution is -2.37. The van der Waals surface area contributed by atoms with E-state index in [0.717, 1.165) is 34.6 Å². The van der Waals surface area contributed by atoms with E-state index in [4.69, 9.17) is 9.47 Å². The number of methoxy groups -OCH3 is 1. The number of rotatable bonds is 17. The molecule has 0 unspecified atom stereocenters. The predicted octanol–water partition coefficient (Wildman–Crippen LogP) is 9.15. The highest BCUT2D eigenvalue weighted by Gasteiger charge is 2.27. The van der Waals surface area contributed by atoms with Crippen molar-refractivity contribution in [2.24, 2.45) is 10.2 Å². The lowest BCUT2D eigenvalue weighted by molar-refractivity contribution is 0.102. The van der Waals surface area contributed by atoms with Crippen LogP contribution >= 0.6 is 0 Å². The van der Waals surface area contributed by atoms with Crippen molar-refractivity contribution in [3.8, 4) is 23.3 Å². The minimum Gasteiger partial charge on any atom is -0.506 e. The van der Waals surface area contributed by atoms with Crippen molar-refractivity contribution in [3.63, 3.8) is 0 Å². The molecule has 8 rings (SSSR count). The molecule has 1 amide bonds. The Morgan fingerprint density at radius 2 is 1.48 bits per heavy atom. The van der Waals surface area contributed by atoms with Crippen LogP contribution in [0, 0.1) is 32.1 Å². The van der Waals surface area contributed by atoms with Gasteiger partial charge in [-0.3, -0.25) is 19.0 Å². The van der Waals surface area contributed by atoms with Gasteiger partial charge in [-0.05, 0) is 116 Å². The first-order valence-electron chi connectivity index (χ1n) is 23.0. The first-order valence-corrected chi connectivity index (χ1v) is 27.8. The second-order valence-electron chi connectivity index (χ2n) is 17.5. The summed E-state index contributed by atoms with van der Waals surface area (Å²) in [6.07, 6.45) is 0.946. The highest BCUT2D eigenvalue weighted by atomic mass is 32.2. The molecule has 23 heteroatoms. The summed E-state index contributed by atoms with van der Waals surface area (Å²) in [5.41, 5.74) is 3.81. The van der Waals surface area contributed by atoms with E-state index in [2.05, 4.69) is 35.0 Å². The standard InChI is InChI=1S/C52H51N9O11S3/c1-31-8-6-9-34(22-31)30-54-41-11-7-10-39-50(41)44(28-45(51(39)63)55-52(64)35-12-17-48(71-4)43(26-35)59-73(5,65)66)57-56-40-15-14-38(25-36(40)29-53)74(67,68)58-37-13-16-46(61-18-20-72-21-19-61)49(27-37)75(69,70)60-42-23-32(2)33(3)24-47(42)62/h6-17,22-28,54,58-60,62-63H,18-21,30H2,1-5H3,(H,55,64). The number of nitriles is 1. The van der Waals surface area contributed by atoms with Crippen LogP contribution in [0.15, 0.2) is 135 Å². The van der Waals surface area contributed by atoms with E-state index in [-0.39, 0.29) is 83.4 Å². The zero-order valence-corrected chi connectivity index (χ0v) is 43.5. The fourth-order valence-corrected chi connectivity index (χ4v) is 11.2. The van der Waals surface area contributed by atoms with Crippen LogP contribution in [0.3, 0.4) is 0 Å². The molecule has 0 saturated carbocycles. The molecule has 1 aliphatic heterocycles. The average molecular weight is 1070 g/mol. The number of carbonyl (C=O) groups excluding carboxylic acids is 1. The molecule has 7 aromatic rings. The van der Waals surface area contributed by atoms with Gasteiger partial charge in [0.05, 0.1) is 71.2 Å². The summed E-state index contributed by atoms with van der Waals surface area (Å²) in [5, 5.41) is 48.3. The van der Waals surface area contributed by atoms with Crippen LogP contribution in [-0.4, -0.2) is 81.0 Å². The van der Waals surface area contributed by atoms with Crippen molar-refractivity contribution in [1.29, 1.82) is 5.26 Å². The van der Waals surface area contributed by atoms with Crippen LogP contribution in [0.2, 0.25) is 0 Å². The Bertz CT molecular complexity index is 3820. The van der Waals surface area contributed by atoms with Crippen LogP contribution in [0.25, 0.3) is 10.8 Å². The van der Waals surface area contributed by atoms with Crippen molar-refractivity contribution in [2.45, 2.75) is 37.1 Å². The van der Waals surface area contributed by atoms with Crippen molar-refractivity contribution in [1.82, 2.24) is 0 Å². The number of fused-ring (bicyclic) bond motifs is 1. The maximum Gasteiger partial charge on any atom is 0.264 e. The largest absolute Gasteiger partial charge is 0.506 e. The minimum absolute atomic E-state index is 0.000415. The number of aromatic hydroxyl groups is 2. The number of azo groups is 1. The molecule has 1 aliphatic rings. The number of nitrogens with one attached hydrogen (secondary N) is 5. The maximum atomic E-state index is 14.1. The Morgan fingerprint density at radius 1 is 0.747 bits per heavy atom. The number of morpholine rings is 1. The van der Waals surface area contributed by atoms with E-state index in [0.29, 0.717) is 43.9 Å². The molecule has 0 radical (unpaired) electrons. The smallest absolute Gasteiger partial charge is 0.264 e. The average Bonchev–Trinajstić information content (AvgIpc) is 3.37. The lowest BCUT2D eigenvalue weighted by atomic mass is 10.0. The molecule has 388 valence electrons. The fourth-order valence-electron chi connectivity index (χ4n) is 8.23. The summed E-state index contributed by atoms with van der Waals surface area (Å²) < 4.78 is 98.5. The Labute approximate surface area is 433 Å². The fraction of sp³-hybridized carbons (Fsp3) is 0.192. The molecule has 1 fully saturated rings.